The monoisotopic (exact) mass is 240 g/mol. The number of Topliss-reactive ketones (excluding diaryl/α,β-unsaturated/α-hetero) is 1. The second-order valence-electron chi connectivity index (χ2n) is 4.57. The summed E-state index contributed by atoms with van der Waals surface area (Å²) in [6, 6.07) is -0.747. The van der Waals surface area contributed by atoms with E-state index in [4.69, 9.17) is 9.15 Å². The van der Waals surface area contributed by atoms with E-state index in [0.29, 0.717) is 0 Å². The van der Waals surface area contributed by atoms with Crippen molar-refractivity contribution in [2.45, 2.75) is 39.3 Å². The summed E-state index contributed by atoms with van der Waals surface area (Å²) in [5.41, 5.74) is -0.601. The van der Waals surface area contributed by atoms with Gasteiger partial charge >= 0.3 is 6.09 Å². The van der Waals surface area contributed by atoms with Crippen LogP contribution >= 0.6 is 0 Å². The van der Waals surface area contributed by atoms with Crippen LogP contribution in [-0.2, 0) is 4.74 Å². The number of aromatic nitrogens is 1. The number of hydrogen-bond acceptors (Lipinski definition) is 5. The summed E-state index contributed by atoms with van der Waals surface area (Å²) in [5.74, 6) is -0.436. The highest BCUT2D eigenvalue weighted by Crippen LogP contribution is 2.07. The zero-order valence-corrected chi connectivity index (χ0v) is 10.3. The third kappa shape index (κ3) is 4.26. The molecule has 0 aromatic carbocycles. The quantitative estimate of drug-likeness (QED) is 0.814. The van der Waals surface area contributed by atoms with Gasteiger partial charge in [0.2, 0.25) is 5.78 Å². The van der Waals surface area contributed by atoms with Crippen LogP contribution < -0.4 is 5.32 Å². The van der Waals surface area contributed by atoms with Crippen LogP contribution in [0.25, 0.3) is 0 Å². The largest absolute Gasteiger partial charge is 0.444 e. The second kappa shape index (κ2) is 4.99. The standard InChI is InChI=1S/C11H16N2O4/c1-7(8(14)9-12-5-6-16-9)13-10(15)17-11(2,3)4/h5-7H,1-4H3,(H,13,15). The Balaban J connectivity index is 2.52. The fraction of sp³-hybridized carbons (Fsp3) is 0.545. The average Bonchev–Trinajstić information content (AvgIpc) is 2.65. The number of carbonyl (C=O) groups is 2. The molecule has 1 aromatic heterocycles. The zero-order valence-electron chi connectivity index (χ0n) is 10.3. The van der Waals surface area contributed by atoms with Gasteiger partial charge in [0.05, 0.1) is 12.2 Å². The Bertz CT molecular complexity index is 392. The van der Waals surface area contributed by atoms with Gasteiger partial charge in [-0.2, -0.15) is 0 Å². The molecule has 0 fully saturated rings. The number of ether oxygens (including phenoxy) is 1. The normalized spacial score (nSPS) is 12.9. The van der Waals surface area contributed by atoms with Crippen LogP contribution in [0.15, 0.2) is 16.9 Å². The van der Waals surface area contributed by atoms with Crippen molar-refractivity contribution in [3.63, 3.8) is 0 Å². The Morgan fingerprint density at radius 2 is 2.12 bits per heavy atom. The van der Waals surface area contributed by atoms with Crippen LogP contribution in [0.2, 0.25) is 0 Å². The lowest BCUT2D eigenvalue weighted by Crippen LogP contribution is -2.41. The minimum atomic E-state index is -0.747. The van der Waals surface area contributed by atoms with E-state index in [1.807, 2.05) is 0 Å². The van der Waals surface area contributed by atoms with Gasteiger partial charge in [-0.15, -0.1) is 0 Å². The van der Waals surface area contributed by atoms with Crippen molar-refractivity contribution < 1.29 is 18.7 Å². The Labute approximate surface area is 99.4 Å². The SMILES string of the molecule is CC(NC(=O)OC(C)(C)C)C(=O)c1ncco1. The summed E-state index contributed by atoms with van der Waals surface area (Å²) in [5, 5.41) is 2.41. The van der Waals surface area contributed by atoms with E-state index in [2.05, 4.69) is 10.3 Å². The van der Waals surface area contributed by atoms with Crippen molar-refractivity contribution in [3.05, 3.63) is 18.4 Å². The molecule has 94 valence electrons. The number of amides is 1. The van der Waals surface area contributed by atoms with Crippen LogP contribution in [0.4, 0.5) is 4.79 Å². The smallest absolute Gasteiger partial charge is 0.408 e. The van der Waals surface area contributed by atoms with Crippen LogP contribution in [0.1, 0.15) is 38.4 Å². The molecule has 6 heteroatoms. The van der Waals surface area contributed by atoms with Crippen LogP contribution in [0.5, 0.6) is 0 Å². The summed E-state index contributed by atoms with van der Waals surface area (Å²) >= 11 is 0. The summed E-state index contributed by atoms with van der Waals surface area (Å²) in [7, 11) is 0. The molecule has 1 amide bonds. The number of carbonyl (C=O) groups excluding carboxylic acids is 2. The summed E-state index contributed by atoms with van der Waals surface area (Å²) in [6.45, 7) is 6.77. The van der Waals surface area contributed by atoms with Gasteiger partial charge in [0, 0.05) is 0 Å². The number of nitrogens with one attached hydrogen (secondary N) is 1. The van der Waals surface area contributed by atoms with E-state index in [1.54, 1.807) is 20.8 Å². The number of oxazole rings is 1. The molecular formula is C11H16N2O4. The molecule has 0 saturated carbocycles. The minimum absolute atomic E-state index is 0.0337. The number of ketones is 1. The number of rotatable bonds is 3. The highest BCUT2D eigenvalue weighted by molar-refractivity contribution is 5.97. The second-order valence-corrected chi connectivity index (χ2v) is 4.57. The molecule has 1 N–H and O–H groups in total. The molecule has 1 aromatic rings. The Kier molecular flexibility index (Phi) is 3.88. The van der Waals surface area contributed by atoms with E-state index in [-0.39, 0.29) is 5.89 Å². The molecule has 17 heavy (non-hydrogen) atoms. The Hall–Kier alpha value is -1.85. The topological polar surface area (TPSA) is 81.4 Å². The van der Waals surface area contributed by atoms with Crippen molar-refractivity contribution in [2.75, 3.05) is 0 Å². The first-order valence-corrected chi connectivity index (χ1v) is 5.23. The molecule has 1 heterocycles. The van der Waals surface area contributed by atoms with Crippen molar-refractivity contribution in [2.24, 2.45) is 0 Å². The molecule has 1 atom stereocenters. The Morgan fingerprint density at radius 3 is 2.59 bits per heavy atom. The van der Waals surface area contributed by atoms with Crippen molar-refractivity contribution in [1.82, 2.24) is 10.3 Å². The summed E-state index contributed by atoms with van der Waals surface area (Å²) in [4.78, 5) is 26.8. The summed E-state index contributed by atoms with van der Waals surface area (Å²) in [6.07, 6.45) is 2.02. The third-order valence-corrected chi connectivity index (χ3v) is 1.77. The highest BCUT2D eigenvalue weighted by Gasteiger charge is 2.23. The number of nitrogens with zero attached hydrogens (tertiary/aromatic N) is 1. The highest BCUT2D eigenvalue weighted by atomic mass is 16.6. The molecule has 0 bridgehead atoms. The molecule has 6 nitrogen and oxygen atoms in total. The van der Waals surface area contributed by atoms with E-state index in [0.717, 1.165) is 0 Å². The van der Waals surface area contributed by atoms with Crippen LogP contribution in [0.3, 0.4) is 0 Å². The van der Waals surface area contributed by atoms with Gasteiger partial charge in [-0.25, -0.2) is 9.78 Å². The molecule has 0 aliphatic heterocycles. The molecule has 1 rings (SSSR count). The van der Waals surface area contributed by atoms with Crippen LogP contribution in [-0.4, -0.2) is 28.5 Å². The van der Waals surface area contributed by atoms with E-state index in [1.165, 1.54) is 19.4 Å². The fourth-order valence-electron chi connectivity index (χ4n) is 1.08. The van der Waals surface area contributed by atoms with Gasteiger partial charge in [-0.05, 0) is 27.7 Å². The minimum Gasteiger partial charge on any atom is -0.444 e. The first-order valence-electron chi connectivity index (χ1n) is 5.23. The molecule has 0 spiro atoms. The van der Waals surface area contributed by atoms with Crippen molar-refractivity contribution in [1.29, 1.82) is 0 Å². The van der Waals surface area contributed by atoms with Gasteiger partial charge in [0.1, 0.15) is 11.9 Å². The average molecular weight is 240 g/mol. The third-order valence-electron chi connectivity index (χ3n) is 1.77. The van der Waals surface area contributed by atoms with E-state index < -0.39 is 23.5 Å². The first kappa shape index (κ1) is 13.2. The maximum atomic E-state index is 11.7. The zero-order chi connectivity index (χ0) is 13.1. The molecule has 0 aliphatic carbocycles. The Morgan fingerprint density at radius 1 is 1.47 bits per heavy atom. The van der Waals surface area contributed by atoms with Gasteiger partial charge in [0.15, 0.2) is 0 Å². The maximum absolute atomic E-state index is 11.7. The number of alkyl carbamates (subject to hydrolysis) is 1. The summed E-state index contributed by atoms with van der Waals surface area (Å²) < 4.78 is 9.87. The predicted octanol–water partition coefficient (Wildman–Crippen LogP) is 1.77. The lowest BCUT2D eigenvalue weighted by molar-refractivity contribution is 0.0494. The van der Waals surface area contributed by atoms with Crippen molar-refractivity contribution >= 4 is 11.9 Å². The van der Waals surface area contributed by atoms with E-state index >= 15 is 0 Å². The van der Waals surface area contributed by atoms with Gasteiger partial charge in [-0.3, -0.25) is 4.79 Å². The van der Waals surface area contributed by atoms with Crippen LogP contribution in [0, 0.1) is 0 Å². The molecule has 1 unspecified atom stereocenters. The lowest BCUT2D eigenvalue weighted by atomic mass is 10.2. The first-order chi connectivity index (χ1) is 7.79. The van der Waals surface area contributed by atoms with E-state index in [9.17, 15) is 9.59 Å². The van der Waals surface area contributed by atoms with Gasteiger partial charge in [0.25, 0.3) is 5.89 Å². The molecular weight excluding hydrogens is 224 g/mol. The molecule has 0 aliphatic rings. The number of hydrogen-bond donors (Lipinski definition) is 1. The van der Waals surface area contributed by atoms with Gasteiger partial charge in [-0.1, -0.05) is 0 Å². The maximum Gasteiger partial charge on any atom is 0.408 e. The molecule has 0 saturated heterocycles. The predicted molar refractivity (Wildman–Crippen MR) is 59.7 cm³/mol. The fourth-order valence-corrected chi connectivity index (χ4v) is 1.08. The lowest BCUT2D eigenvalue weighted by Gasteiger charge is -2.21. The van der Waals surface area contributed by atoms with Crippen molar-refractivity contribution in [3.8, 4) is 0 Å². The van der Waals surface area contributed by atoms with Gasteiger partial charge < -0.3 is 14.5 Å². The molecule has 0 radical (unpaired) electrons.